The number of benzene rings is 2. The van der Waals surface area contributed by atoms with E-state index >= 15 is 0 Å². The van der Waals surface area contributed by atoms with Gasteiger partial charge in [-0.3, -0.25) is 0 Å². The molecule has 1 aromatic heterocycles. The van der Waals surface area contributed by atoms with Gasteiger partial charge in [0, 0.05) is 17.7 Å². The Morgan fingerprint density at radius 2 is 1.84 bits per heavy atom. The molecule has 2 aromatic carbocycles. The lowest BCUT2D eigenvalue weighted by Gasteiger charge is -2.17. The first-order valence-electron chi connectivity index (χ1n) is 8.95. The number of aromatic nitrogens is 2. The third-order valence-electron chi connectivity index (χ3n) is 4.62. The zero-order valence-electron chi connectivity index (χ0n) is 14.7. The lowest BCUT2D eigenvalue weighted by molar-refractivity contribution is 0.432. The van der Waals surface area contributed by atoms with Crippen molar-refractivity contribution in [2.75, 3.05) is 6.54 Å². The van der Waals surface area contributed by atoms with Crippen LogP contribution in [0, 0.1) is 5.92 Å². The second-order valence-corrected chi connectivity index (χ2v) is 7.13. The van der Waals surface area contributed by atoms with Crippen LogP contribution in [0.15, 0.2) is 47.0 Å². The summed E-state index contributed by atoms with van der Waals surface area (Å²) in [6.07, 6.45) is 2.13. The number of nitrogens with one attached hydrogen (secondary N) is 1. The van der Waals surface area contributed by atoms with Gasteiger partial charge in [-0.1, -0.05) is 43.3 Å². The van der Waals surface area contributed by atoms with Crippen LogP contribution in [0.1, 0.15) is 30.5 Å². The minimum absolute atomic E-state index is 0.575. The van der Waals surface area contributed by atoms with Crippen molar-refractivity contribution in [3.05, 3.63) is 59.2 Å². The van der Waals surface area contributed by atoms with E-state index in [1.54, 1.807) is 0 Å². The van der Waals surface area contributed by atoms with Crippen LogP contribution >= 0.6 is 0 Å². The Balaban J connectivity index is 1.58. The van der Waals surface area contributed by atoms with E-state index < -0.39 is 0 Å². The third-order valence-corrected chi connectivity index (χ3v) is 4.62. The molecule has 4 rings (SSSR count). The van der Waals surface area contributed by atoms with Crippen molar-refractivity contribution >= 4 is 0 Å². The fourth-order valence-electron chi connectivity index (χ4n) is 3.33. The van der Waals surface area contributed by atoms with Crippen molar-refractivity contribution in [3.63, 3.8) is 0 Å². The molecule has 3 aromatic rings. The largest absolute Gasteiger partial charge is 0.334 e. The minimum atomic E-state index is 0.575. The molecule has 0 radical (unpaired) electrons. The van der Waals surface area contributed by atoms with E-state index in [-0.39, 0.29) is 0 Å². The first-order chi connectivity index (χ1) is 12.2. The monoisotopic (exact) mass is 333 g/mol. The Labute approximate surface area is 148 Å². The van der Waals surface area contributed by atoms with Crippen LogP contribution in [0.4, 0.5) is 0 Å². The molecule has 0 unspecified atom stereocenters. The lowest BCUT2D eigenvalue weighted by Crippen LogP contribution is -2.23. The molecule has 1 aliphatic rings. The van der Waals surface area contributed by atoms with Gasteiger partial charge in [0.15, 0.2) is 0 Å². The molecule has 1 N–H and O–H groups in total. The van der Waals surface area contributed by atoms with Crippen molar-refractivity contribution in [1.29, 1.82) is 0 Å². The molecule has 0 spiro atoms. The molecule has 2 heterocycles. The van der Waals surface area contributed by atoms with Crippen molar-refractivity contribution in [3.8, 4) is 22.8 Å². The summed E-state index contributed by atoms with van der Waals surface area (Å²) in [5.74, 6) is 1.88. The van der Waals surface area contributed by atoms with Gasteiger partial charge < -0.3 is 9.84 Å². The Morgan fingerprint density at radius 1 is 1.04 bits per heavy atom. The Morgan fingerprint density at radius 3 is 2.64 bits per heavy atom. The normalized spacial score (nSPS) is 13.9. The molecule has 0 fully saturated rings. The first-order valence-corrected chi connectivity index (χ1v) is 8.95. The highest BCUT2D eigenvalue weighted by Gasteiger charge is 2.14. The fourth-order valence-corrected chi connectivity index (χ4v) is 3.33. The topological polar surface area (TPSA) is 51.0 Å². The van der Waals surface area contributed by atoms with Gasteiger partial charge in [0.25, 0.3) is 5.89 Å². The van der Waals surface area contributed by atoms with Crippen LogP contribution in [-0.4, -0.2) is 16.7 Å². The van der Waals surface area contributed by atoms with E-state index in [9.17, 15) is 0 Å². The maximum atomic E-state index is 5.50. The summed E-state index contributed by atoms with van der Waals surface area (Å²) in [4.78, 5) is 4.60. The lowest BCUT2D eigenvalue weighted by atomic mass is 9.98. The predicted octanol–water partition coefficient (Wildman–Crippen LogP) is 4.25. The molecule has 1 aliphatic heterocycles. The standard InChI is InChI=1S/C21H23N3O/c1-14(2)11-15-3-5-16(6-4-15)21-23-20(24-25-21)18-7-8-19-13-22-10-9-17(19)12-18/h3-8,12,14,22H,9-11,13H2,1-2H3. The summed E-state index contributed by atoms with van der Waals surface area (Å²) in [5, 5.41) is 7.57. The molecular weight excluding hydrogens is 310 g/mol. The number of fused-ring (bicyclic) bond motifs is 1. The molecule has 25 heavy (non-hydrogen) atoms. The number of rotatable bonds is 4. The zero-order valence-corrected chi connectivity index (χ0v) is 14.7. The third kappa shape index (κ3) is 3.49. The molecule has 0 amide bonds. The van der Waals surface area contributed by atoms with Crippen LogP contribution < -0.4 is 5.32 Å². The SMILES string of the molecule is CC(C)Cc1ccc(-c2nc(-c3ccc4c(c3)CCNC4)no2)cc1. The fraction of sp³-hybridized carbons (Fsp3) is 0.333. The summed E-state index contributed by atoms with van der Waals surface area (Å²) >= 11 is 0. The zero-order chi connectivity index (χ0) is 17.2. The Kier molecular flexibility index (Phi) is 4.36. The van der Waals surface area contributed by atoms with E-state index in [4.69, 9.17) is 4.52 Å². The van der Waals surface area contributed by atoms with E-state index in [2.05, 4.69) is 71.8 Å². The van der Waals surface area contributed by atoms with Gasteiger partial charge in [0.1, 0.15) is 0 Å². The van der Waals surface area contributed by atoms with Gasteiger partial charge in [0.2, 0.25) is 5.82 Å². The van der Waals surface area contributed by atoms with Crippen LogP contribution in [0.25, 0.3) is 22.8 Å². The summed E-state index contributed by atoms with van der Waals surface area (Å²) in [6.45, 7) is 6.42. The molecule has 4 heteroatoms. The van der Waals surface area contributed by atoms with Crippen molar-refractivity contribution in [1.82, 2.24) is 15.5 Å². The maximum absolute atomic E-state index is 5.50. The van der Waals surface area contributed by atoms with Crippen molar-refractivity contribution < 1.29 is 4.52 Å². The maximum Gasteiger partial charge on any atom is 0.258 e. The molecule has 128 valence electrons. The van der Waals surface area contributed by atoms with E-state index in [0.29, 0.717) is 17.6 Å². The van der Waals surface area contributed by atoms with Gasteiger partial charge in [-0.05, 0) is 60.2 Å². The van der Waals surface area contributed by atoms with Crippen LogP contribution in [0.3, 0.4) is 0 Å². The molecule has 0 saturated carbocycles. The molecule has 0 saturated heterocycles. The first kappa shape index (κ1) is 16.0. The van der Waals surface area contributed by atoms with E-state index in [0.717, 1.165) is 37.1 Å². The van der Waals surface area contributed by atoms with E-state index in [1.165, 1.54) is 16.7 Å². The second-order valence-electron chi connectivity index (χ2n) is 7.13. The quantitative estimate of drug-likeness (QED) is 0.775. The molecule has 0 bridgehead atoms. The highest BCUT2D eigenvalue weighted by atomic mass is 16.5. The number of nitrogens with zero attached hydrogens (tertiary/aromatic N) is 2. The molecule has 0 aliphatic carbocycles. The molecule has 4 nitrogen and oxygen atoms in total. The highest BCUT2D eigenvalue weighted by Crippen LogP contribution is 2.25. The summed E-state index contributed by atoms with van der Waals surface area (Å²) in [7, 11) is 0. The van der Waals surface area contributed by atoms with Crippen LogP contribution in [-0.2, 0) is 19.4 Å². The minimum Gasteiger partial charge on any atom is -0.334 e. The highest BCUT2D eigenvalue weighted by molar-refractivity contribution is 5.61. The smallest absolute Gasteiger partial charge is 0.258 e. The van der Waals surface area contributed by atoms with Crippen molar-refractivity contribution in [2.45, 2.75) is 33.2 Å². The molecule has 0 atom stereocenters. The average Bonchev–Trinajstić information content (AvgIpc) is 3.11. The van der Waals surface area contributed by atoms with Gasteiger partial charge >= 0.3 is 0 Å². The molecular formula is C21H23N3O. The summed E-state index contributed by atoms with van der Waals surface area (Å²) in [6, 6.07) is 14.8. The summed E-state index contributed by atoms with van der Waals surface area (Å²) < 4.78 is 5.50. The van der Waals surface area contributed by atoms with Crippen LogP contribution in [0.2, 0.25) is 0 Å². The average molecular weight is 333 g/mol. The predicted molar refractivity (Wildman–Crippen MR) is 99.1 cm³/mol. The Hall–Kier alpha value is -2.46. The van der Waals surface area contributed by atoms with Gasteiger partial charge in [-0.15, -0.1) is 0 Å². The second kappa shape index (κ2) is 6.81. The number of hydrogen-bond acceptors (Lipinski definition) is 4. The van der Waals surface area contributed by atoms with Crippen molar-refractivity contribution in [2.24, 2.45) is 5.92 Å². The van der Waals surface area contributed by atoms with Gasteiger partial charge in [-0.2, -0.15) is 4.98 Å². The van der Waals surface area contributed by atoms with Crippen LogP contribution in [0.5, 0.6) is 0 Å². The van der Waals surface area contributed by atoms with Gasteiger partial charge in [0.05, 0.1) is 0 Å². The summed E-state index contributed by atoms with van der Waals surface area (Å²) in [5.41, 5.74) is 6.06. The number of hydrogen-bond donors (Lipinski definition) is 1. The Bertz CT molecular complexity index is 865. The van der Waals surface area contributed by atoms with E-state index in [1.807, 2.05) is 0 Å². The van der Waals surface area contributed by atoms with Gasteiger partial charge in [-0.25, -0.2) is 0 Å².